The van der Waals surface area contributed by atoms with E-state index in [0.29, 0.717) is 0 Å². The second-order valence-electron chi connectivity index (χ2n) is 6.50. The molecule has 0 saturated heterocycles. The van der Waals surface area contributed by atoms with Gasteiger partial charge in [-0.1, -0.05) is 36.4 Å². The van der Waals surface area contributed by atoms with Gasteiger partial charge in [0, 0.05) is 19.1 Å². The van der Waals surface area contributed by atoms with E-state index in [2.05, 4.69) is 34.9 Å². The first kappa shape index (κ1) is 20.4. The van der Waals surface area contributed by atoms with E-state index in [0.717, 1.165) is 25.1 Å². The van der Waals surface area contributed by atoms with Crippen LogP contribution in [0.4, 0.5) is 13.2 Å². The SMILES string of the molecule is CNCc1ccc(CC(C)NCC(O)c2cccc(C(F)(F)F)c2)cc1. The van der Waals surface area contributed by atoms with Crippen LogP contribution in [0.15, 0.2) is 48.5 Å². The minimum atomic E-state index is -4.41. The van der Waals surface area contributed by atoms with Gasteiger partial charge >= 0.3 is 6.18 Å². The fourth-order valence-corrected chi connectivity index (χ4v) is 2.78. The summed E-state index contributed by atoms with van der Waals surface area (Å²) in [7, 11) is 1.90. The molecule has 0 bridgehead atoms. The normalized spacial score (nSPS) is 14.2. The second kappa shape index (κ2) is 9.16. The largest absolute Gasteiger partial charge is 0.416 e. The van der Waals surface area contributed by atoms with Crippen LogP contribution < -0.4 is 10.6 Å². The summed E-state index contributed by atoms with van der Waals surface area (Å²) in [5.41, 5.74) is 1.88. The van der Waals surface area contributed by atoms with E-state index in [4.69, 9.17) is 0 Å². The molecule has 0 aliphatic carbocycles. The minimum Gasteiger partial charge on any atom is -0.387 e. The van der Waals surface area contributed by atoms with Gasteiger partial charge in [-0.15, -0.1) is 0 Å². The molecule has 0 aliphatic heterocycles. The molecule has 2 atom stereocenters. The molecule has 3 nitrogen and oxygen atoms in total. The number of rotatable bonds is 8. The zero-order valence-corrected chi connectivity index (χ0v) is 15.0. The fourth-order valence-electron chi connectivity index (χ4n) is 2.78. The van der Waals surface area contributed by atoms with Crippen LogP contribution in [0.1, 0.15) is 35.3 Å². The zero-order valence-electron chi connectivity index (χ0n) is 15.0. The lowest BCUT2D eigenvalue weighted by atomic mass is 10.0. The third-order valence-electron chi connectivity index (χ3n) is 4.20. The molecule has 3 N–H and O–H groups in total. The molecule has 0 aromatic heterocycles. The first-order chi connectivity index (χ1) is 12.3. The van der Waals surface area contributed by atoms with Gasteiger partial charge < -0.3 is 15.7 Å². The third kappa shape index (κ3) is 6.12. The van der Waals surface area contributed by atoms with Crippen LogP contribution in [0, 0.1) is 0 Å². The topological polar surface area (TPSA) is 44.3 Å². The average molecular weight is 366 g/mol. The molecule has 0 heterocycles. The monoisotopic (exact) mass is 366 g/mol. The Bertz CT molecular complexity index is 686. The molecule has 0 radical (unpaired) electrons. The van der Waals surface area contributed by atoms with Crippen molar-refractivity contribution in [1.29, 1.82) is 0 Å². The third-order valence-corrected chi connectivity index (χ3v) is 4.20. The standard InChI is InChI=1S/C20H25F3N2O/c1-14(10-15-6-8-16(9-7-15)12-24-2)25-13-19(26)17-4-3-5-18(11-17)20(21,22)23/h3-9,11,14,19,24-26H,10,12-13H2,1-2H3. The number of aliphatic hydroxyl groups is 1. The highest BCUT2D eigenvalue weighted by molar-refractivity contribution is 5.27. The molecular formula is C20H25F3N2O. The van der Waals surface area contributed by atoms with Crippen molar-refractivity contribution in [3.63, 3.8) is 0 Å². The molecule has 0 fully saturated rings. The molecule has 6 heteroatoms. The Morgan fingerprint density at radius 3 is 2.31 bits per heavy atom. The molecule has 2 aromatic rings. The summed E-state index contributed by atoms with van der Waals surface area (Å²) in [6.07, 6.45) is -4.62. The number of hydrogen-bond acceptors (Lipinski definition) is 3. The quantitative estimate of drug-likeness (QED) is 0.668. The van der Waals surface area contributed by atoms with Gasteiger partial charge in [-0.25, -0.2) is 0 Å². The maximum atomic E-state index is 12.8. The second-order valence-corrected chi connectivity index (χ2v) is 6.50. The van der Waals surface area contributed by atoms with Crippen molar-refractivity contribution in [2.45, 2.75) is 38.2 Å². The predicted octanol–water partition coefficient (Wildman–Crippen LogP) is 3.68. The average Bonchev–Trinajstić information content (AvgIpc) is 2.61. The highest BCUT2D eigenvalue weighted by Gasteiger charge is 2.30. The number of halogens is 3. The molecule has 2 aromatic carbocycles. The van der Waals surface area contributed by atoms with E-state index < -0.39 is 17.8 Å². The van der Waals surface area contributed by atoms with Crippen LogP contribution in [-0.4, -0.2) is 24.7 Å². The minimum absolute atomic E-state index is 0.0885. The van der Waals surface area contributed by atoms with Crippen LogP contribution in [0.5, 0.6) is 0 Å². The maximum Gasteiger partial charge on any atom is 0.416 e. The highest BCUT2D eigenvalue weighted by Crippen LogP contribution is 2.30. The summed E-state index contributed by atoms with van der Waals surface area (Å²) in [4.78, 5) is 0. The van der Waals surface area contributed by atoms with Crippen LogP contribution in [0.3, 0.4) is 0 Å². The molecule has 0 aliphatic rings. The van der Waals surface area contributed by atoms with Crippen LogP contribution in [-0.2, 0) is 19.1 Å². The van der Waals surface area contributed by atoms with Crippen molar-refractivity contribution in [3.8, 4) is 0 Å². The molecule has 142 valence electrons. The first-order valence-corrected chi connectivity index (χ1v) is 8.60. The predicted molar refractivity (Wildman–Crippen MR) is 96.8 cm³/mol. The van der Waals surface area contributed by atoms with Gasteiger partial charge in [0.05, 0.1) is 11.7 Å². The summed E-state index contributed by atoms with van der Waals surface area (Å²) in [6.45, 7) is 3.00. The Morgan fingerprint density at radius 1 is 1.04 bits per heavy atom. The number of nitrogens with one attached hydrogen (secondary N) is 2. The van der Waals surface area contributed by atoms with Crippen LogP contribution in [0.2, 0.25) is 0 Å². The Balaban J connectivity index is 1.87. The van der Waals surface area contributed by atoms with E-state index in [1.54, 1.807) is 0 Å². The van der Waals surface area contributed by atoms with Gasteiger partial charge in [-0.05, 0) is 49.2 Å². The van der Waals surface area contributed by atoms with Gasteiger partial charge in [0.2, 0.25) is 0 Å². The smallest absolute Gasteiger partial charge is 0.387 e. The lowest BCUT2D eigenvalue weighted by Gasteiger charge is -2.18. The van der Waals surface area contributed by atoms with E-state index in [1.165, 1.54) is 23.3 Å². The van der Waals surface area contributed by atoms with Crippen LogP contribution >= 0.6 is 0 Å². The van der Waals surface area contributed by atoms with Crippen molar-refractivity contribution < 1.29 is 18.3 Å². The summed E-state index contributed by atoms with van der Waals surface area (Å²) in [5.74, 6) is 0. The Hall–Kier alpha value is -1.89. The summed E-state index contributed by atoms with van der Waals surface area (Å²) in [6, 6.07) is 13.2. The summed E-state index contributed by atoms with van der Waals surface area (Å²) >= 11 is 0. The van der Waals surface area contributed by atoms with Crippen molar-refractivity contribution >= 4 is 0 Å². The molecule has 0 spiro atoms. The van der Waals surface area contributed by atoms with Crippen molar-refractivity contribution in [2.24, 2.45) is 0 Å². The molecule has 2 rings (SSSR count). The summed E-state index contributed by atoms with van der Waals surface area (Å²) in [5, 5.41) is 16.5. The van der Waals surface area contributed by atoms with E-state index in [-0.39, 0.29) is 18.2 Å². The molecular weight excluding hydrogens is 341 g/mol. The molecule has 2 unspecified atom stereocenters. The van der Waals surface area contributed by atoms with Gasteiger partial charge in [-0.2, -0.15) is 13.2 Å². The lowest BCUT2D eigenvalue weighted by molar-refractivity contribution is -0.137. The number of aliphatic hydroxyl groups excluding tert-OH is 1. The van der Waals surface area contributed by atoms with E-state index >= 15 is 0 Å². The van der Waals surface area contributed by atoms with E-state index in [1.807, 2.05) is 14.0 Å². The Labute approximate surface area is 152 Å². The maximum absolute atomic E-state index is 12.8. The summed E-state index contributed by atoms with van der Waals surface area (Å²) < 4.78 is 38.3. The number of hydrogen-bond donors (Lipinski definition) is 3. The van der Waals surface area contributed by atoms with Crippen molar-refractivity contribution in [3.05, 3.63) is 70.8 Å². The Kier molecular flexibility index (Phi) is 7.20. The lowest BCUT2D eigenvalue weighted by Crippen LogP contribution is -2.32. The van der Waals surface area contributed by atoms with E-state index in [9.17, 15) is 18.3 Å². The molecule has 0 saturated carbocycles. The zero-order chi connectivity index (χ0) is 19.2. The van der Waals surface area contributed by atoms with Gasteiger partial charge in [0.1, 0.15) is 0 Å². The van der Waals surface area contributed by atoms with Gasteiger partial charge in [-0.3, -0.25) is 0 Å². The fraction of sp³-hybridized carbons (Fsp3) is 0.400. The van der Waals surface area contributed by atoms with Crippen molar-refractivity contribution in [1.82, 2.24) is 10.6 Å². The Morgan fingerprint density at radius 2 is 1.69 bits per heavy atom. The molecule has 0 amide bonds. The molecule has 26 heavy (non-hydrogen) atoms. The van der Waals surface area contributed by atoms with Gasteiger partial charge in [0.25, 0.3) is 0 Å². The first-order valence-electron chi connectivity index (χ1n) is 8.60. The van der Waals surface area contributed by atoms with Gasteiger partial charge in [0.15, 0.2) is 0 Å². The van der Waals surface area contributed by atoms with Crippen LogP contribution in [0.25, 0.3) is 0 Å². The number of alkyl halides is 3. The van der Waals surface area contributed by atoms with Crippen molar-refractivity contribution in [2.75, 3.05) is 13.6 Å². The highest BCUT2D eigenvalue weighted by atomic mass is 19.4. The number of benzene rings is 2.